The maximum Gasteiger partial charge on any atom is 0.223 e. The molecule has 0 bridgehead atoms. The van der Waals surface area contributed by atoms with Crippen LogP contribution < -0.4 is 5.32 Å². The van der Waals surface area contributed by atoms with Crippen LogP contribution in [0.5, 0.6) is 0 Å². The third-order valence-corrected chi connectivity index (χ3v) is 6.38. The van der Waals surface area contributed by atoms with Crippen molar-refractivity contribution in [1.82, 2.24) is 14.5 Å². The molecule has 1 amide bonds. The Hall–Kier alpha value is -2.67. The quantitative estimate of drug-likeness (QED) is 0.412. The molecule has 1 atom stereocenters. The van der Waals surface area contributed by atoms with Crippen molar-refractivity contribution in [3.8, 4) is 11.3 Å². The lowest BCUT2D eigenvalue weighted by Gasteiger charge is -2.29. The van der Waals surface area contributed by atoms with E-state index in [1.165, 1.54) is 12.1 Å². The number of hydrogen-bond donors (Lipinski definition) is 1. The van der Waals surface area contributed by atoms with Gasteiger partial charge in [-0.1, -0.05) is 54.8 Å². The highest BCUT2D eigenvalue weighted by molar-refractivity contribution is 9.10. The average Bonchev–Trinajstić information content (AvgIpc) is 3.13. The molecule has 2 heterocycles. The molecule has 0 spiro atoms. The van der Waals surface area contributed by atoms with Gasteiger partial charge in [0.05, 0.1) is 6.54 Å². The van der Waals surface area contributed by atoms with E-state index in [2.05, 4.69) is 39.7 Å². The van der Waals surface area contributed by atoms with Crippen molar-refractivity contribution in [3.05, 3.63) is 64.6 Å². The van der Waals surface area contributed by atoms with Crippen molar-refractivity contribution in [1.29, 1.82) is 0 Å². The lowest BCUT2D eigenvalue weighted by Crippen LogP contribution is -2.39. The van der Waals surface area contributed by atoms with Crippen LogP contribution in [-0.4, -0.2) is 26.9 Å². The number of nitrogens with zero attached hydrogens (tertiary/aromatic N) is 3. The first-order valence-electron chi connectivity index (χ1n) is 11.1. The van der Waals surface area contributed by atoms with E-state index >= 15 is 0 Å². The van der Waals surface area contributed by atoms with Gasteiger partial charge in [0.1, 0.15) is 23.2 Å². The molecule has 1 unspecified atom stereocenters. The van der Waals surface area contributed by atoms with Crippen LogP contribution in [0.4, 0.5) is 15.9 Å². The molecule has 1 aromatic heterocycles. The zero-order valence-corrected chi connectivity index (χ0v) is 20.0. The van der Waals surface area contributed by atoms with Crippen LogP contribution >= 0.6 is 15.9 Å². The highest BCUT2D eigenvalue weighted by Crippen LogP contribution is 2.34. The molecule has 32 heavy (non-hydrogen) atoms. The van der Waals surface area contributed by atoms with Gasteiger partial charge in [-0.25, -0.2) is 9.37 Å². The number of halogens is 2. The average molecular weight is 499 g/mol. The van der Waals surface area contributed by atoms with Crippen LogP contribution in [-0.2, 0) is 17.9 Å². The van der Waals surface area contributed by atoms with Gasteiger partial charge in [-0.15, -0.1) is 0 Å². The number of carbonyl (C=O) groups excluding carboxylic acids is 1. The van der Waals surface area contributed by atoms with E-state index in [-0.39, 0.29) is 11.7 Å². The number of imidazole rings is 1. The number of nitrogens with one attached hydrogen (secondary N) is 1. The summed E-state index contributed by atoms with van der Waals surface area (Å²) in [5, 5.41) is 3.43. The Morgan fingerprint density at radius 1 is 1.16 bits per heavy atom. The fourth-order valence-corrected chi connectivity index (χ4v) is 4.44. The molecule has 0 saturated heterocycles. The van der Waals surface area contributed by atoms with Gasteiger partial charge < -0.3 is 14.8 Å². The first-order valence-corrected chi connectivity index (χ1v) is 11.9. The van der Waals surface area contributed by atoms with E-state index in [0.717, 1.165) is 45.9 Å². The van der Waals surface area contributed by atoms with Crippen molar-refractivity contribution >= 4 is 33.3 Å². The van der Waals surface area contributed by atoms with E-state index in [1.807, 2.05) is 29.2 Å². The topological polar surface area (TPSA) is 50.2 Å². The van der Waals surface area contributed by atoms with E-state index in [4.69, 9.17) is 4.98 Å². The first kappa shape index (κ1) is 22.5. The van der Waals surface area contributed by atoms with Gasteiger partial charge in [0, 0.05) is 35.2 Å². The SMILES string of the molecule is CCCC(C)CC(=O)N1CCn2c(nc(-c3ccc(Br)cc3)c2Nc2ccc(F)cc2)C1. The maximum atomic E-state index is 13.4. The molecule has 1 N–H and O–H groups in total. The van der Waals surface area contributed by atoms with Crippen molar-refractivity contribution in [2.45, 2.75) is 46.2 Å². The molecule has 0 aliphatic carbocycles. The van der Waals surface area contributed by atoms with Gasteiger partial charge in [-0.2, -0.15) is 0 Å². The fraction of sp³-hybridized carbons (Fsp3) is 0.360. The summed E-state index contributed by atoms with van der Waals surface area (Å²) >= 11 is 3.49. The third kappa shape index (κ3) is 5.04. The van der Waals surface area contributed by atoms with Gasteiger partial charge in [0.25, 0.3) is 0 Å². The molecule has 1 aliphatic heterocycles. The fourth-order valence-electron chi connectivity index (χ4n) is 4.17. The second-order valence-electron chi connectivity index (χ2n) is 8.43. The van der Waals surface area contributed by atoms with Gasteiger partial charge in [-0.3, -0.25) is 4.79 Å². The summed E-state index contributed by atoms with van der Waals surface area (Å²) < 4.78 is 16.5. The summed E-state index contributed by atoms with van der Waals surface area (Å²) in [4.78, 5) is 19.7. The highest BCUT2D eigenvalue weighted by atomic mass is 79.9. The molecule has 3 aromatic rings. The molecule has 0 saturated carbocycles. The van der Waals surface area contributed by atoms with E-state index in [1.54, 1.807) is 12.1 Å². The Labute approximate surface area is 196 Å². The van der Waals surface area contributed by atoms with E-state index in [9.17, 15) is 9.18 Å². The smallest absolute Gasteiger partial charge is 0.223 e. The zero-order valence-electron chi connectivity index (χ0n) is 18.4. The molecule has 4 rings (SSSR count). The Kier molecular flexibility index (Phi) is 6.94. The van der Waals surface area contributed by atoms with Crippen LogP contribution in [0.15, 0.2) is 53.0 Å². The van der Waals surface area contributed by atoms with Crippen molar-refractivity contribution in [2.24, 2.45) is 5.92 Å². The zero-order chi connectivity index (χ0) is 22.7. The molecule has 7 heteroatoms. The number of anilines is 2. The van der Waals surface area contributed by atoms with Crippen LogP contribution in [0, 0.1) is 11.7 Å². The van der Waals surface area contributed by atoms with E-state index < -0.39 is 0 Å². The molecule has 168 valence electrons. The standard InChI is InChI=1S/C25H28BrFN4O/c1-3-4-17(2)15-23(32)30-13-14-31-22(16-30)29-24(18-5-7-19(26)8-6-18)25(31)28-21-11-9-20(27)10-12-21/h5-12,17,28H,3-4,13-16H2,1-2H3. The summed E-state index contributed by atoms with van der Waals surface area (Å²) in [5.74, 6) is 2.03. The Morgan fingerprint density at radius 2 is 1.88 bits per heavy atom. The predicted octanol–water partition coefficient (Wildman–Crippen LogP) is 6.36. The first-order chi connectivity index (χ1) is 15.4. The molecule has 0 radical (unpaired) electrons. The molecule has 1 aliphatic rings. The lowest BCUT2D eigenvalue weighted by molar-refractivity contribution is -0.133. The second-order valence-corrected chi connectivity index (χ2v) is 9.34. The minimum Gasteiger partial charge on any atom is -0.340 e. The Bertz CT molecular complexity index is 1080. The van der Waals surface area contributed by atoms with Crippen molar-refractivity contribution in [3.63, 3.8) is 0 Å². The van der Waals surface area contributed by atoms with Crippen molar-refractivity contribution < 1.29 is 9.18 Å². The maximum absolute atomic E-state index is 13.4. The number of hydrogen-bond acceptors (Lipinski definition) is 3. The largest absolute Gasteiger partial charge is 0.340 e. The normalized spacial score (nSPS) is 14.2. The summed E-state index contributed by atoms with van der Waals surface area (Å²) in [6.45, 7) is 6.10. The monoisotopic (exact) mass is 498 g/mol. The van der Waals surface area contributed by atoms with Crippen LogP contribution in [0.25, 0.3) is 11.3 Å². The van der Waals surface area contributed by atoms with Gasteiger partial charge >= 0.3 is 0 Å². The summed E-state index contributed by atoms with van der Waals surface area (Å²) in [6.07, 6.45) is 2.73. The summed E-state index contributed by atoms with van der Waals surface area (Å²) in [5.41, 5.74) is 2.60. The van der Waals surface area contributed by atoms with Crippen LogP contribution in [0.2, 0.25) is 0 Å². The number of aromatic nitrogens is 2. The van der Waals surface area contributed by atoms with Crippen molar-refractivity contribution in [2.75, 3.05) is 11.9 Å². The van der Waals surface area contributed by atoms with Gasteiger partial charge in [0.15, 0.2) is 0 Å². The third-order valence-electron chi connectivity index (χ3n) is 5.85. The number of carbonyl (C=O) groups is 1. The van der Waals surface area contributed by atoms with Crippen LogP contribution in [0.3, 0.4) is 0 Å². The van der Waals surface area contributed by atoms with Gasteiger partial charge in [0.2, 0.25) is 5.91 Å². The minimum absolute atomic E-state index is 0.193. The molecule has 2 aromatic carbocycles. The number of fused-ring (bicyclic) bond motifs is 1. The lowest BCUT2D eigenvalue weighted by atomic mass is 10.0. The molecule has 5 nitrogen and oxygen atoms in total. The number of benzene rings is 2. The number of rotatable bonds is 7. The molecular weight excluding hydrogens is 471 g/mol. The Morgan fingerprint density at radius 3 is 2.56 bits per heavy atom. The number of amides is 1. The van der Waals surface area contributed by atoms with E-state index in [0.29, 0.717) is 32.0 Å². The molecular formula is C25H28BrFN4O. The second kappa shape index (κ2) is 9.86. The minimum atomic E-state index is -0.273. The summed E-state index contributed by atoms with van der Waals surface area (Å²) in [7, 11) is 0. The van der Waals surface area contributed by atoms with Gasteiger partial charge in [-0.05, 0) is 42.3 Å². The predicted molar refractivity (Wildman–Crippen MR) is 129 cm³/mol. The molecule has 0 fully saturated rings. The highest BCUT2D eigenvalue weighted by Gasteiger charge is 2.27. The Balaban J connectivity index is 1.64. The van der Waals surface area contributed by atoms with Crippen LogP contribution in [0.1, 0.15) is 38.9 Å². The summed E-state index contributed by atoms with van der Waals surface area (Å²) in [6, 6.07) is 14.3.